The molecule has 0 spiro atoms. The number of hydrogen-bond acceptors (Lipinski definition) is 5. The third-order valence-electron chi connectivity index (χ3n) is 3.98. The van der Waals surface area contributed by atoms with E-state index in [2.05, 4.69) is 33.5 Å². The predicted molar refractivity (Wildman–Crippen MR) is 127 cm³/mol. The second kappa shape index (κ2) is 13.2. The van der Waals surface area contributed by atoms with Gasteiger partial charge < -0.3 is 19.5 Å². The Bertz CT molecular complexity index is 830. The molecule has 0 bridgehead atoms. The van der Waals surface area contributed by atoms with Gasteiger partial charge in [0.15, 0.2) is 5.11 Å². The van der Waals surface area contributed by atoms with Crippen molar-refractivity contribution in [3.8, 4) is 11.5 Å². The Balaban J connectivity index is 1.91. The summed E-state index contributed by atoms with van der Waals surface area (Å²) in [4.78, 5) is 12.7. The highest BCUT2D eigenvalue weighted by atomic mass is 79.9. The Morgan fingerprint density at radius 2 is 1.80 bits per heavy atom. The van der Waals surface area contributed by atoms with Gasteiger partial charge in [0.25, 0.3) is 5.91 Å². The van der Waals surface area contributed by atoms with E-state index in [-0.39, 0.29) is 11.0 Å². The van der Waals surface area contributed by atoms with E-state index in [0.29, 0.717) is 37.7 Å². The number of amides is 1. The number of unbranched alkanes of at least 4 members (excludes halogenated alkanes) is 1. The third-order valence-corrected chi connectivity index (χ3v) is 4.68. The average Bonchev–Trinajstić information content (AvgIpc) is 2.73. The minimum atomic E-state index is -0.337. The molecule has 162 valence electrons. The molecule has 0 aromatic heterocycles. The van der Waals surface area contributed by atoms with Gasteiger partial charge in [-0.1, -0.05) is 29.3 Å². The zero-order valence-corrected chi connectivity index (χ0v) is 19.6. The maximum atomic E-state index is 12.7. The van der Waals surface area contributed by atoms with E-state index in [1.165, 1.54) is 0 Å². The Morgan fingerprint density at radius 1 is 1.03 bits per heavy atom. The van der Waals surface area contributed by atoms with Crippen LogP contribution >= 0.6 is 28.1 Å². The molecule has 0 unspecified atom stereocenters. The van der Waals surface area contributed by atoms with Crippen molar-refractivity contribution in [1.29, 1.82) is 0 Å². The summed E-state index contributed by atoms with van der Waals surface area (Å²) in [6, 6.07) is 12.6. The van der Waals surface area contributed by atoms with E-state index < -0.39 is 0 Å². The average molecular weight is 495 g/mol. The molecule has 6 nitrogen and oxygen atoms in total. The van der Waals surface area contributed by atoms with Gasteiger partial charge in [0.1, 0.15) is 18.1 Å². The van der Waals surface area contributed by atoms with Crippen LogP contribution in [0.5, 0.6) is 11.5 Å². The van der Waals surface area contributed by atoms with Crippen molar-refractivity contribution in [3.05, 3.63) is 52.5 Å². The summed E-state index contributed by atoms with van der Waals surface area (Å²) in [5.74, 6) is 0.926. The maximum Gasteiger partial charge on any atom is 0.261 e. The second-order valence-electron chi connectivity index (χ2n) is 6.32. The van der Waals surface area contributed by atoms with Crippen molar-refractivity contribution >= 4 is 44.9 Å². The number of benzene rings is 2. The molecule has 0 aliphatic rings. The van der Waals surface area contributed by atoms with E-state index >= 15 is 0 Å². The number of carbonyl (C=O) groups excluding carboxylic acids is 1. The second-order valence-corrected chi connectivity index (χ2v) is 7.64. The molecule has 2 aromatic rings. The molecule has 0 fully saturated rings. The normalized spacial score (nSPS) is 10.4. The number of carbonyl (C=O) groups is 1. The van der Waals surface area contributed by atoms with Gasteiger partial charge in [-0.2, -0.15) is 0 Å². The lowest BCUT2D eigenvalue weighted by Crippen LogP contribution is -2.34. The lowest BCUT2D eigenvalue weighted by Gasteiger charge is -2.14. The minimum absolute atomic E-state index is 0.199. The largest absolute Gasteiger partial charge is 0.493 e. The van der Waals surface area contributed by atoms with Crippen LogP contribution in [-0.4, -0.2) is 37.4 Å². The standard InChI is InChI=1S/C22H27BrN2O4S/c1-3-5-12-29-20-11-6-16(23)15-19(20)21(26)25-22(30)24-17-7-9-18(10-8-17)28-14-13-27-4-2/h6-11,15H,3-5,12-14H2,1-2H3,(H2,24,25,26,30). The lowest BCUT2D eigenvalue weighted by molar-refractivity contribution is 0.0973. The number of ether oxygens (including phenoxy) is 3. The van der Waals surface area contributed by atoms with E-state index in [9.17, 15) is 4.79 Å². The molecular weight excluding hydrogens is 468 g/mol. The summed E-state index contributed by atoms with van der Waals surface area (Å²) in [6.45, 7) is 6.29. The Kier molecular flexibility index (Phi) is 10.6. The number of hydrogen-bond donors (Lipinski definition) is 2. The predicted octanol–water partition coefficient (Wildman–Crippen LogP) is 5.17. The first-order valence-corrected chi connectivity index (χ1v) is 11.1. The highest BCUT2D eigenvalue weighted by molar-refractivity contribution is 9.10. The van der Waals surface area contributed by atoms with E-state index in [4.69, 9.17) is 26.4 Å². The monoisotopic (exact) mass is 494 g/mol. The number of rotatable bonds is 11. The van der Waals surface area contributed by atoms with Crippen LogP contribution in [0.2, 0.25) is 0 Å². The molecule has 0 heterocycles. The molecule has 0 radical (unpaired) electrons. The zero-order chi connectivity index (χ0) is 21.8. The number of anilines is 1. The van der Waals surface area contributed by atoms with Gasteiger partial charge in [-0.25, -0.2) is 0 Å². The summed E-state index contributed by atoms with van der Waals surface area (Å²) in [5.41, 5.74) is 1.16. The van der Waals surface area contributed by atoms with Crippen LogP contribution in [0.4, 0.5) is 5.69 Å². The maximum absolute atomic E-state index is 12.7. The SMILES string of the molecule is CCCCOc1ccc(Br)cc1C(=O)NC(=S)Nc1ccc(OCCOCC)cc1. The summed E-state index contributed by atoms with van der Waals surface area (Å²) < 4.78 is 17.4. The van der Waals surface area contributed by atoms with Crippen LogP contribution in [0.15, 0.2) is 46.9 Å². The van der Waals surface area contributed by atoms with E-state index in [1.54, 1.807) is 12.1 Å². The molecule has 0 atom stereocenters. The highest BCUT2D eigenvalue weighted by Crippen LogP contribution is 2.24. The molecule has 8 heteroatoms. The van der Waals surface area contributed by atoms with Gasteiger partial charge >= 0.3 is 0 Å². The minimum Gasteiger partial charge on any atom is -0.493 e. The number of halogens is 1. The summed E-state index contributed by atoms with van der Waals surface area (Å²) in [7, 11) is 0. The van der Waals surface area contributed by atoms with Gasteiger partial charge in [0, 0.05) is 16.8 Å². The zero-order valence-electron chi connectivity index (χ0n) is 17.2. The van der Waals surface area contributed by atoms with Gasteiger partial charge in [-0.3, -0.25) is 10.1 Å². The highest BCUT2D eigenvalue weighted by Gasteiger charge is 2.15. The van der Waals surface area contributed by atoms with Crippen molar-refractivity contribution in [2.45, 2.75) is 26.7 Å². The molecule has 0 saturated carbocycles. The fraction of sp³-hybridized carbons (Fsp3) is 0.364. The topological polar surface area (TPSA) is 68.8 Å². The summed E-state index contributed by atoms with van der Waals surface area (Å²) in [5, 5.41) is 5.90. The molecule has 2 N–H and O–H groups in total. The van der Waals surface area contributed by atoms with Crippen molar-refractivity contribution in [2.75, 3.05) is 31.7 Å². The van der Waals surface area contributed by atoms with Crippen molar-refractivity contribution in [2.24, 2.45) is 0 Å². The summed E-state index contributed by atoms with van der Waals surface area (Å²) >= 11 is 8.68. The Morgan fingerprint density at radius 3 is 2.50 bits per heavy atom. The van der Waals surface area contributed by atoms with Gasteiger partial charge in [0.2, 0.25) is 0 Å². The van der Waals surface area contributed by atoms with Gasteiger partial charge in [0.05, 0.1) is 18.8 Å². The lowest BCUT2D eigenvalue weighted by atomic mass is 10.2. The first-order chi connectivity index (χ1) is 14.5. The van der Waals surface area contributed by atoms with E-state index in [1.807, 2.05) is 37.3 Å². The van der Waals surface area contributed by atoms with Crippen LogP contribution in [0.25, 0.3) is 0 Å². The van der Waals surface area contributed by atoms with Crippen LogP contribution in [-0.2, 0) is 4.74 Å². The fourth-order valence-electron chi connectivity index (χ4n) is 2.46. The number of nitrogens with one attached hydrogen (secondary N) is 2. The molecule has 0 aliphatic carbocycles. The molecule has 1 amide bonds. The van der Waals surface area contributed by atoms with Crippen LogP contribution in [0.3, 0.4) is 0 Å². The quantitative estimate of drug-likeness (QED) is 0.331. The van der Waals surface area contributed by atoms with Crippen LogP contribution < -0.4 is 20.1 Å². The molecule has 0 saturated heterocycles. The fourth-order valence-corrected chi connectivity index (χ4v) is 3.03. The number of thiocarbonyl (C=S) groups is 1. The summed E-state index contributed by atoms with van der Waals surface area (Å²) in [6.07, 6.45) is 1.94. The third kappa shape index (κ3) is 8.30. The van der Waals surface area contributed by atoms with Crippen molar-refractivity contribution < 1.29 is 19.0 Å². The first-order valence-electron chi connectivity index (χ1n) is 9.88. The van der Waals surface area contributed by atoms with Crippen LogP contribution in [0, 0.1) is 0 Å². The van der Waals surface area contributed by atoms with Crippen molar-refractivity contribution in [3.63, 3.8) is 0 Å². The molecular formula is C22H27BrN2O4S. The molecule has 0 aliphatic heterocycles. The van der Waals surface area contributed by atoms with Crippen molar-refractivity contribution in [1.82, 2.24) is 5.32 Å². The van der Waals surface area contributed by atoms with Crippen LogP contribution in [0.1, 0.15) is 37.0 Å². The molecule has 2 rings (SSSR count). The van der Waals surface area contributed by atoms with E-state index in [0.717, 1.165) is 28.8 Å². The Labute approximate surface area is 191 Å². The molecule has 2 aromatic carbocycles. The Hall–Kier alpha value is -2.16. The van der Waals surface area contributed by atoms with Gasteiger partial charge in [-0.05, 0) is 68.0 Å². The molecule has 30 heavy (non-hydrogen) atoms. The smallest absolute Gasteiger partial charge is 0.261 e. The van der Waals surface area contributed by atoms with Gasteiger partial charge in [-0.15, -0.1) is 0 Å². The first kappa shape index (κ1) is 24.1.